The van der Waals surface area contributed by atoms with Crippen LogP contribution in [0.25, 0.3) is 33.1 Å². The van der Waals surface area contributed by atoms with Crippen LogP contribution in [0, 0.1) is 5.82 Å². The number of carbonyl (C=O) groups excluding carboxylic acids is 1. The summed E-state index contributed by atoms with van der Waals surface area (Å²) in [6.45, 7) is 2.15. The molecule has 0 spiro atoms. The number of rotatable bonds is 5. The lowest BCUT2D eigenvalue weighted by molar-refractivity contribution is 0.0950. The minimum atomic E-state index is -0.443. The van der Waals surface area contributed by atoms with Crippen LogP contribution < -0.4 is 10.2 Å². The number of H-pyrrole nitrogens is 1. The van der Waals surface area contributed by atoms with Crippen LogP contribution in [0.1, 0.15) is 22.3 Å². The summed E-state index contributed by atoms with van der Waals surface area (Å²) in [7, 11) is 5.94. The molecule has 0 bridgehead atoms. The quantitative estimate of drug-likeness (QED) is 0.490. The van der Waals surface area contributed by atoms with Crippen LogP contribution >= 0.6 is 0 Å². The molecule has 0 unspecified atom stereocenters. The number of likely N-dealkylation sites (N-methyl/N-ethyl adjacent to an activating group) is 1. The standard InChI is InChI=1S/C25H27FN6O/c1-31(2)12-10-27-25(33)15-6-7-16(19(26)13-15)23-17-5-4-11-32(3)24(17)22-18-14-28-30-20(18)8-9-21(22)29-23/h6-9,13-14H,4-5,10-12H2,1-3H3,(H,27,33)(H,28,30). The SMILES string of the molecule is CN(C)CCNC(=O)c1ccc(-c2nc3ccc4[nH]ncc4c3c3c2CCCN3C)c(F)c1. The van der Waals surface area contributed by atoms with Crippen molar-refractivity contribution in [3.63, 3.8) is 0 Å². The molecule has 0 atom stereocenters. The number of hydrogen-bond acceptors (Lipinski definition) is 5. The molecule has 0 aliphatic carbocycles. The smallest absolute Gasteiger partial charge is 0.251 e. The van der Waals surface area contributed by atoms with Crippen molar-refractivity contribution in [2.45, 2.75) is 12.8 Å². The van der Waals surface area contributed by atoms with E-state index in [2.05, 4.69) is 27.5 Å². The van der Waals surface area contributed by atoms with Crippen molar-refractivity contribution >= 4 is 33.4 Å². The Labute approximate surface area is 191 Å². The number of nitrogens with one attached hydrogen (secondary N) is 2. The summed E-state index contributed by atoms with van der Waals surface area (Å²) < 4.78 is 15.4. The van der Waals surface area contributed by atoms with Crippen LogP contribution in [0.15, 0.2) is 36.5 Å². The number of benzene rings is 2. The lowest BCUT2D eigenvalue weighted by Crippen LogP contribution is -2.31. The first kappa shape index (κ1) is 21.3. The molecule has 170 valence electrons. The molecule has 7 nitrogen and oxygen atoms in total. The number of halogens is 1. The Bertz CT molecular complexity index is 1360. The van der Waals surface area contributed by atoms with Gasteiger partial charge in [0.05, 0.1) is 28.6 Å². The summed E-state index contributed by atoms with van der Waals surface area (Å²) in [6.07, 6.45) is 3.61. The summed E-state index contributed by atoms with van der Waals surface area (Å²) in [5.41, 5.74) is 5.24. The number of pyridine rings is 1. The topological polar surface area (TPSA) is 77.1 Å². The highest BCUT2D eigenvalue weighted by Crippen LogP contribution is 2.42. The summed E-state index contributed by atoms with van der Waals surface area (Å²) in [4.78, 5) is 21.6. The number of amides is 1. The van der Waals surface area contributed by atoms with Gasteiger partial charge in [-0.1, -0.05) is 0 Å². The van der Waals surface area contributed by atoms with E-state index >= 15 is 4.39 Å². The zero-order chi connectivity index (χ0) is 23.1. The van der Waals surface area contributed by atoms with Crippen LogP contribution in [0.4, 0.5) is 10.1 Å². The van der Waals surface area contributed by atoms with E-state index in [1.807, 2.05) is 37.3 Å². The van der Waals surface area contributed by atoms with E-state index in [-0.39, 0.29) is 5.91 Å². The minimum absolute atomic E-state index is 0.280. The maximum absolute atomic E-state index is 15.4. The lowest BCUT2D eigenvalue weighted by Gasteiger charge is -2.30. The first-order valence-corrected chi connectivity index (χ1v) is 11.2. The van der Waals surface area contributed by atoms with Gasteiger partial charge in [0.25, 0.3) is 5.91 Å². The maximum atomic E-state index is 15.4. The zero-order valence-electron chi connectivity index (χ0n) is 19.1. The van der Waals surface area contributed by atoms with Crippen molar-refractivity contribution in [3.05, 3.63) is 53.5 Å². The molecule has 2 N–H and O–H groups in total. The highest BCUT2D eigenvalue weighted by Gasteiger charge is 2.25. The number of nitrogens with zero attached hydrogens (tertiary/aromatic N) is 4. The molecular formula is C25H27FN6O. The predicted molar refractivity (Wildman–Crippen MR) is 129 cm³/mol. The first-order valence-electron chi connectivity index (χ1n) is 11.2. The van der Waals surface area contributed by atoms with Gasteiger partial charge in [-0.2, -0.15) is 5.10 Å². The Morgan fingerprint density at radius 2 is 2.12 bits per heavy atom. The minimum Gasteiger partial charge on any atom is -0.374 e. The van der Waals surface area contributed by atoms with Crippen LogP contribution in [0.2, 0.25) is 0 Å². The van der Waals surface area contributed by atoms with Crippen LogP contribution in [-0.4, -0.2) is 66.8 Å². The first-order chi connectivity index (χ1) is 15.9. The molecule has 0 saturated carbocycles. The fraction of sp³-hybridized carbons (Fsp3) is 0.320. The maximum Gasteiger partial charge on any atom is 0.251 e. The van der Waals surface area contributed by atoms with Crippen LogP contribution in [-0.2, 0) is 6.42 Å². The van der Waals surface area contributed by atoms with E-state index in [0.717, 1.165) is 59.0 Å². The molecule has 3 heterocycles. The van der Waals surface area contributed by atoms with Gasteiger partial charge in [0.15, 0.2) is 0 Å². The van der Waals surface area contributed by atoms with Gasteiger partial charge >= 0.3 is 0 Å². The van der Waals surface area contributed by atoms with E-state index in [1.165, 1.54) is 6.07 Å². The monoisotopic (exact) mass is 446 g/mol. The van der Waals surface area contributed by atoms with Crippen molar-refractivity contribution in [2.24, 2.45) is 0 Å². The largest absolute Gasteiger partial charge is 0.374 e. The van der Waals surface area contributed by atoms with E-state index < -0.39 is 5.82 Å². The summed E-state index contributed by atoms with van der Waals surface area (Å²) in [5, 5.41) is 12.1. The van der Waals surface area contributed by atoms with Gasteiger partial charge in [-0.05, 0) is 57.3 Å². The predicted octanol–water partition coefficient (Wildman–Crippen LogP) is 3.59. The Kier molecular flexibility index (Phi) is 5.46. The highest BCUT2D eigenvalue weighted by molar-refractivity contribution is 6.13. The molecule has 0 fully saturated rings. The van der Waals surface area contributed by atoms with Crippen molar-refractivity contribution < 1.29 is 9.18 Å². The summed E-state index contributed by atoms with van der Waals surface area (Å²) >= 11 is 0. The molecular weight excluding hydrogens is 419 g/mol. The van der Waals surface area contributed by atoms with Crippen LogP contribution in [0.3, 0.4) is 0 Å². The number of aromatic nitrogens is 3. The van der Waals surface area contributed by atoms with E-state index in [4.69, 9.17) is 4.98 Å². The Hall–Kier alpha value is -3.52. The molecule has 5 rings (SSSR count). The average Bonchev–Trinajstić information content (AvgIpc) is 3.27. The van der Waals surface area contributed by atoms with Gasteiger partial charge in [-0.25, -0.2) is 9.37 Å². The third kappa shape index (κ3) is 3.80. The molecule has 33 heavy (non-hydrogen) atoms. The molecule has 0 radical (unpaired) electrons. The molecule has 8 heteroatoms. The third-order valence-corrected chi connectivity index (χ3v) is 6.28. The van der Waals surface area contributed by atoms with E-state index in [9.17, 15) is 4.79 Å². The van der Waals surface area contributed by atoms with Gasteiger partial charge in [-0.15, -0.1) is 0 Å². The van der Waals surface area contributed by atoms with E-state index in [0.29, 0.717) is 23.4 Å². The third-order valence-electron chi connectivity index (χ3n) is 6.28. The molecule has 1 amide bonds. The molecule has 4 aromatic rings. The van der Waals surface area contributed by atoms with Gasteiger partial charge in [0, 0.05) is 54.1 Å². The van der Waals surface area contributed by atoms with Gasteiger partial charge in [0.2, 0.25) is 0 Å². The molecule has 1 aliphatic heterocycles. The molecule has 0 saturated heterocycles. The van der Waals surface area contributed by atoms with Crippen molar-refractivity contribution in [1.29, 1.82) is 0 Å². The zero-order valence-corrected chi connectivity index (χ0v) is 19.1. The average molecular weight is 447 g/mol. The van der Waals surface area contributed by atoms with Gasteiger partial charge < -0.3 is 15.1 Å². The Morgan fingerprint density at radius 1 is 1.27 bits per heavy atom. The molecule has 1 aliphatic rings. The van der Waals surface area contributed by atoms with E-state index in [1.54, 1.807) is 12.1 Å². The number of aromatic amines is 1. The van der Waals surface area contributed by atoms with Gasteiger partial charge in [-0.3, -0.25) is 9.89 Å². The normalized spacial score (nSPS) is 13.7. The lowest BCUT2D eigenvalue weighted by atomic mass is 9.92. The second kappa shape index (κ2) is 8.44. The molecule has 2 aromatic carbocycles. The van der Waals surface area contributed by atoms with Gasteiger partial charge in [0.1, 0.15) is 5.82 Å². The number of fused-ring (bicyclic) bond motifs is 5. The summed E-state index contributed by atoms with van der Waals surface area (Å²) in [5.74, 6) is -0.722. The summed E-state index contributed by atoms with van der Waals surface area (Å²) in [6, 6.07) is 8.56. The number of hydrogen-bond donors (Lipinski definition) is 2. The molecule has 2 aromatic heterocycles. The van der Waals surface area contributed by atoms with Crippen molar-refractivity contribution in [3.8, 4) is 11.3 Å². The number of anilines is 1. The fourth-order valence-corrected chi connectivity index (χ4v) is 4.63. The number of carbonyl (C=O) groups is 1. The second-order valence-corrected chi connectivity index (χ2v) is 8.86. The Balaban J connectivity index is 1.60. The Morgan fingerprint density at radius 3 is 2.91 bits per heavy atom. The van der Waals surface area contributed by atoms with Crippen LogP contribution in [0.5, 0.6) is 0 Å². The van der Waals surface area contributed by atoms with Crippen molar-refractivity contribution in [1.82, 2.24) is 25.4 Å². The van der Waals surface area contributed by atoms with Crippen molar-refractivity contribution in [2.75, 3.05) is 45.7 Å². The fourth-order valence-electron chi connectivity index (χ4n) is 4.63. The highest BCUT2D eigenvalue weighted by atomic mass is 19.1. The second-order valence-electron chi connectivity index (χ2n) is 8.86.